The van der Waals surface area contributed by atoms with Crippen LogP contribution in [0.15, 0.2) is 24.3 Å². The Morgan fingerprint density at radius 2 is 2.17 bits per heavy atom. The molecule has 3 heteroatoms. The number of hydrogen-bond donors (Lipinski definition) is 1. The van der Waals surface area contributed by atoms with Crippen LogP contribution < -0.4 is 15.4 Å². The first-order valence-corrected chi connectivity index (χ1v) is 7.07. The van der Waals surface area contributed by atoms with Crippen LogP contribution in [0.5, 0.6) is 5.75 Å². The molecule has 3 nitrogen and oxygen atoms in total. The molecule has 1 atom stereocenters. The van der Waals surface area contributed by atoms with Crippen LogP contribution in [0.4, 0.5) is 5.69 Å². The van der Waals surface area contributed by atoms with Crippen molar-refractivity contribution in [1.29, 1.82) is 0 Å². The number of fused-ring (bicyclic) bond motifs is 1. The summed E-state index contributed by atoms with van der Waals surface area (Å²) in [5.74, 6) is 1.82. The SMILES string of the molecule is NC(CCN1CCCOc2ccccc21)C1CC1. The Bertz CT molecular complexity index is 403. The third kappa shape index (κ3) is 2.61. The van der Waals surface area contributed by atoms with Gasteiger partial charge in [0.05, 0.1) is 12.3 Å². The molecule has 0 bridgehead atoms. The third-order valence-corrected chi connectivity index (χ3v) is 4.00. The van der Waals surface area contributed by atoms with Gasteiger partial charge in [-0.2, -0.15) is 0 Å². The van der Waals surface area contributed by atoms with Crippen molar-refractivity contribution in [2.24, 2.45) is 11.7 Å². The van der Waals surface area contributed by atoms with Crippen LogP contribution in [0.2, 0.25) is 0 Å². The van der Waals surface area contributed by atoms with Crippen molar-refractivity contribution < 1.29 is 4.74 Å². The lowest BCUT2D eigenvalue weighted by molar-refractivity contribution is 0.322. The fourth-order valence-electron chi connectivity index (χ4n) is 2.70. The van der Waals surface area contributed by atoms with Crippen molar-refractivity contribution in [1.82, 2.24) is 0 Å². The first kappa shape index (κ1) is 11.8. The van der Waals surface area contributed by atoms with Crippen molar-refractivity contribution in [3.8, 4) is 5.75 Å². The molecular formula is C15H22N2O. The molecule has 1 fully saturated rings. The van der Waals surface area contributed by atoms with E-state index in [4.69, 9.17) is 10.5 Å². The summed E-state index contributed by atoms with van der Waals surface area (Å²) in [5, 5.41) is 0. The molecule has 18 heavy (non-hydrogen) atoms. The van der Waals surface area contributed by atoms with Gasteiger partial charge in [-0.05, 0) is 43.7 Å². The Kier molecular flexibility index (Phi) is 3.41. The summed E-state index contributed by atoms with van der Waals surface area (Å²) in [7, 11) is 0. The molecule has 1 aliphatic heterocycles. The highest BCUT2D eigenvalue weighted by molar-refractivity contribution is 5.58. The zero-order valence-corrected chi connectivity index (χ0v) is 10.8. The van der Waals surface area contributed by atoms with E-state index in [1.54, 1.807) is 0 Å². The molecule has 0 radical (unpaired) electrons. The van der Waals surface area contributed by atoms with Gasteiger partial charge in [0.1, 0.15) is 5.75 Å². The van der Waals surface area contributed by atoms with E-state index in [1.165, 1.54) is 18.5 Å². The first-order valence-electron chi connectivity index (χ1n) is 7.07. The number of ether oxygens (including phenoxy) is 1. The molecule has 0 aromatic heterocycles. The number of hydrogen-bond acceptors (Lipinski definition) is 3. The maximum Gasteiger partial charge on any atom is 0.142 e. The van der Waals surface area contributed by atoms with Crippen molar-refractivity contribution in [2.45, 2.75) is 31.7 Å². The van der Waals surface area contributed by atoms with Crippen LogP contribution in [0.1, 0.15) is 25.7 Å². The lowest BCUT2D eigenvalue weighted by Crippen LogP contribution is -2.32. The standard InChI is InChI=1S/C15H22N2O/c16-13(12-6-7-12)8-10-17-9-3-11-18-15-5-2-1-4-14(15)17/h1-2,4-5,12-13H,3,6-11,16H2. The highest BCUT2D eigenvalue weighted by atomic mass is 16.5. The third-order valence-electron chi connectivity index (χ3n) is 4.00. The minimum Gasteiger partial charge on any atom is -0.491 e. The van der Waals surface area contributed by atoms with E-state index in [9.17, 15) is 0 Å². The molecule has 1 aromatic carbocycles. The largest absolute Gasteiger partial charge is 0.491 e. The van der Waals surface area contributed by atoms with Crippen molar-refractivity contribution in [2.75, 3.05) is 24.6 Å². The van der Waals surface area contributed by atoms with Gasteiger partial charge in [-0.25, -0.2) is 0 Å². The highest BCUT2D eigenvalue weighted by Crippen LogP contribution is 2.34. The molecular weight excluding hydrogens is 224 g/mol. The number of nitrogens with two attached hydrogens (primary N) is 1. The van der Waals surface area contributed by atoms with E-state index in [1.807, 2.05) is 6.07 Å². The highest BCUT2D eigenvalue weighted by Gasteiger charge is 2.28. The number of rotatable bonds is 4. The zero-order valence-electron chi connectivity index (χ0n) is 10.8. The normalized spacial score (nSPS) is 20.8. The van der Waals surface area contributed by atoms with Gasteiger partial charge in [-0.15, -0.1) is 0 Å². The molecule has 2 N–H and O–H groups in total. The van der Waals surface area contributed by atoms with Gasteiger partial charge in [0.2, 0.25) is 0 Å². The predicted molar refractivity (Wildman–Crippen MR) is 74.1 cm³/mol. The molecule has 1 saturated carbocycles. The minimum absolute atomic E-state index is 0.390. The van der Waals surface area contributed by atoms with Crippen LogP contribution in [0, 0.1) is 5.92 Å². The van der Waals surface area contributed by atoms with E-state index in [2.05, 4.69) is 23.1 Å². The zero-order chi connectivity index (χ0) is 12.4. The molecule has 1 heterocycles. The Labute approximate surface area is 109 Å². The van der Waals surface area contributed by atoms with E-state index >= 15 is 0 Å². The van der Waals surface area contributed by atoms with Gasteiger partial charge in [0, 0.05) is 19.1 Å². The fourth-order valence-corrected chi connectivity index (χ4v) is 2.70. The van der Waals surface area contributed by atoms with Crippen LogP contribution in [0.3, 0.4) is 0 Å². The Balaban J connectivity index is 1.67. The molecule has 3 rings (SSSR count). The maximum absolute atomic E-state index is 6.20. The van der Waals surface area contributed by atoms with Gasteiger partial charge >= 0.3 is 0 Å². The van der Waals surface area contributed by atoms with Gasteiger partial charge in [0.25, 0.3) is 0 Å². The number of nitrogens with zero attached hydrogens (tertiary/aromatic N) is 1. The molecule has 98 valence electrons. The summed E-state index contributed by atoms with van der Waals surface area (Å²) in [6.07, 6.45) is 4.86. The summed E-state index contributed by atoms with van der Waals surface area (Å²) in [4.78, 5) is 2.44. The monoisotopic (exact) mass is 246 g/mol. The van der Waals surface area contributed by atoms with Gasteiger partial charge < -0.3 is 15.4 Å². The van der Waals surface area contributed by atoms with Crippen LogP contribution >= 0.6 is 0 Å². The molecule has 0 spiro atoms. The van der Waals surface area contributed by atoms with Crippen LogP contribution in [-0.4, -0.2) is 25.7 Å². The number of anilines is 1. The number of benzene rings is 1. The van der Waals surface area contributed by atoms with Gasteiger partial charge in [0.15, 0.2) is 0 Å². The van der Waals surface area contributed by atoms with Crippen molar-refractivity contribution >= 4 is 5.69 Å². The summed E-state index contributed by atoms with van der Waals surface area (Å²) in [6.45, 7) is 2.95. The van der Waals surface area contributed by atoms with Crippen molar-refractivity contribution in [3.05, 3.63) is 24.3 Å². The quantitative estimate of drug-likeness (QED) is 0.886. The summed E-state index contributed by atoms with van der Waals surface area (Å²) < 4.78 is 5.77. The average Bonchev–Trinajstić information content (AvgIpc) is 3.23. The summed E-state index contributed by atoms with van der Waals surface area (Å²) in [6, 6.07) is 8.73. The van der Waals surface area contributed by atoms with Crippen LogP contribution in [0.25, 0.3) is 0 Å². The smallest absolute Gasteiger partial charge is 0.142 e. The van der Waals surface area contributed by atoms with Crippen LogP contribution in [-0.2, 0) is 0 Å². The number of para-hydroxylation sites is 2. The lowest BCUT2D eigenvalue weighted by atomic mass is 10.1. The second kappa shape index (κ2) is 5.19. The van der Waals surface area contributed by atoms with E-state index in [0.717, 1.165) is 44.2 Å². The second-order valence-electron chi connectivity index (χ2n) is 5.45. The van der Waals surface area contributed by atoms with Crippen molar-refractivity contribution in [3.63, 3.8) is 0 Å². The lowest BCUT2D eigenvalue weighted by Gasteiger charge is -2.25. The Morgan fingerprint density at radius 3 is 3.00 bits per heavy atom. The maximum atomic E-state index is 6.20. The second-order valence-corrected chi connectivity index (χ2v) is 5.45. The van der Waals surface area contributed by atoms with E-state index in [-0.39, 0.29) is 0 Å². The van der Waals surface area contributed by atoms with Gasteiger partial charge in [-0.1, -0.05) is 12.1 Å². The van der Waals surface area contributed by atoms with E-state index < -0.39 is 0 Å². The fraction of sp³-hybridized carbons (Fsp3) is 0.600. The molecule has 2 aliphatic rings. The average molecular weight is 246 g/mol. The molecule has 1 aliphatic carbocycles. The minimum atomic E-state index is 0.390. The molecule has 1 aromatic rings. The Hall–Kier alpha value is -1.22. The molecule has 1 unspecified atom stereocenters. The first-order chi connectivity index (χ1) is 8.84. The Morgan fingerprint density at radius 1 is 1.33 bits per heavy atom. The predicted octanol–water partition coefficient (Wildman–Crippen LogP) is 2.40. The van der Waals surface area contributed by atoms with E-state index in [0.29, 0.717) is 6.04 Å². The summed E-state index contributed by atoms with van der Waals surface area (Å²) in [5.41, 5.74) is 7.43. The molecule has 0 saturated heterocycles. The topological polar surface area (TPSA) is 38.5 Å². The van der Waals surface area contributed by atoms with Gasteiger partial charge in [-0.3, -0.25) is 0 Å². The molecule has 0 amide bonds. The summed E-state index contributed by atoms with van der Waals surface area (Å²) >= 11 is 0.